The predicted molar refractivity (Wildman–Crippen MR) is 83.1 cm³/mol. The maximum absolute atomic E-state index is 14.0. The van der Waals surface area contributed by atoms with Gasteiger partial charge in [-0.1, -0.05) is 47.5 Å². The Bertz CT molecular complexity index is 613. The molecule has 106 valence electrons. The quantitative estimate of drug-likeness (QED) is 0.843. The van der Waals surface area contributed by atoms with Crippen molar-refractivity contribution in [2.24, 2.45) is 0 Å². The highest BCUT2D eigenvalue weighted by Gasteiger charge is 2.15. The summed E-state index contributed by atoms with van der Waals surface area (Å²) in [5, 5.41) is 4.06. The minimum atomic E-state index is -0.354. The lowest BCUT2D eigenvalue weighted by molar-refractivity contribution is 0.554. The minimum absolute atomic E-state index is 0.0129. The summed E-state index contributed by atoms with van der Waals surface area (Å²) in [6.07, 6.45) is 0.516. The molecule has 0 aliphatic carbocycles. The predicted octanol–water partition coefficient (Wildman–Crippen LogP) is 4.94. The summed E-state index contributed by atoms with van der Waals surface area (Å²) in [6, 6.07) is 10.9. The van der Waals surface area contributed by atoms with E-state index >= 15 is 0 Å². The molecular weight excluding hydrogens is 296 g/mol. The van der Waals surface area contributed by atoms with Crippen LogP contribution in [0.15, 0.2) is 36.4 Å². The van der Waals surface area contributed by atoms with Crippen molar-refractivity contribution in [3.8, 4) is 0 Å². The molecule has 0 bridgehead atoms. The lowest BCUT2D eigenvalue weighted by Crippen LogP contribution is -2.19. The maximum atomic E-state index is 14.0. The van der Waals surface area contributed by atoms with Crippen molar-refractivity contribution >= 4 is 23.2 Å². The molecule has 0 aromatic heterocycles. The Morgan fingerprint density at radius 1 is 1.15 bits per heavy atom. The second-order valence-electron chi connectivity index (χ2n) is 4.77. The molecule has 0 aliphatic heterocycles. The molecule has 0 heterocycles. The third-order valence-corrected chi connectivity index (χ3v) is 4.10. The first-order chi connectivity index (χ1) is 9.52. The molecule has 1 nitrogen and oxygen atoms in total. The topological polar surface area (TPSA) is 12.0 Å². The molecule has 0 aliphatic rings. The number of halogens is 3. The zero-order valence-electron chi connectivity index (χ0n) is 11.4. The Labute approximate surface area is 128 Å². The third-order valence-electron chi connectivity index (χ3n) is 3.40. The van der Waals surface area contributed by atoms with Crippen molar-refractivity contribution in [2.45, 2.75) is 19.4 Å². The van der Waals surface area contributed by atoms with E-state index in [1.807, 2.05) is 32.2 Å². The van der Waals surface area contributed by atoms with E-state index in [1.54, 1.807) is 18.2 Å². The Morgan fingerprint density at radius 2 is 1.90 bits per heavy atom. The summed E-state index contributed by atoms with van der Waals surface area (Å²) in [6.45, 7) is 1.96. The van der Waals surface area contributed by atoms with Crippen LogP contribution < -0.4 is 5.32 Å². The molecule has 2 aromatic carbocycles. The van der Waals surface area contributed by atoms with E-state index in [2.05, 4.69) is 5.32 Å². The average Bonchev–Trinajstić information content (AvgIpc) is 2.44. The second kappa shape index (κ2) is 6.57. The van der Waals surface area contributed by atoms with Gasteiger partial charge in [0.25, 0.3) is 0 Å². The van der Waals surface area contributed by atoms with E-state index in [0.717, 1.165) is 11.1 Å². The lowest BCUT2D eigenvalue weighted by Gasteiger charge is -2.18. The van der Waals surface area contributed by atoms with Crippen LogP contribution in [0.25, 0.3) is 0 Å². The summed E-state index contributed by atoms with van der Waals surface area (Å²) in [5.74, 6) is -0.354. The summed E-state index contributed by atoms with van der Waals surface area (Å²) in [7, 11) is 1.85. The Kier molecular flexibility index (Phi) is 5.03. The van der Waals surface area contributed by atoms with E-state index in [-0.39, 0.29) is 16.9 Å². The van der Waals surface area contributed by atoms with Crippen molar-refractivity contribution in [3.63, 3.8) is 0 Å². The smallest absolute Gasteiger partial charge is 0.145 e. The number of aryl methyl sites for hydroxylation is 1. The fraction of sp³-hybridized carbons (Fsp3) is 0.250. The van der Waals surface area contributed by atoms with Crippen LogP contribution >= 0.6 is 23.2 Å². The van der Waals surface area contributed by atoms with Crippen LogP contribution in [-0.4, -0.2) is 7.05 Å². The standard InChI is InChI=1S/C16H16Cl2FN/c1-10-6-7-11(8-14(10)18)15(20-2)9-12-4-3-5-13(17)16(12)19/h3-8,15,20H,9H2,1-2H3. The van der Waals surface area contributed by atoms with Crippen molar-refractivity contribution in [3.05, 3.63) is 69.0 Å². The molecule has 0 saturated carbocycles. The van der Waals surface area contributed by atoms with E-state index < -0.39 is 0 Å². The van der Waals surface area contributed by atoms with Crippen LogP contribution in [0.1, 0.15) is 22.7 Å². The van der Waals surface area contributed by atoms with Gasteiger partial charge in [0.15, 0.2) is 0 Å². The zero-order valence-corrected chi connectivity index (χ0v) is 12.9. The van der Waals surface area contributed by atoms with Gasteiger partial charge in [-0.05, 0) is 49.2 Å². The van der Waals surface area contributed by atoms with E-state index in [4.69, 9.17) is 23.2 Å². The lowest BCUT2D eigenvalue weighted by atomic mass is 9.98. The van der Waals surface area contributed by atoms with Gasteiger partial charge >= 0.3 is 0 Å². The van der Waals surface area contributed by atoms with Gasteiger partial charge in [0, 0.05) is 11.1 Å². The van der Waals surface area contributed by atoms with E-state index in [1.165, 1.54) is 0 Å². The Hall–Kier alpha value is -1.09. The van der Waals surface area contributed by atoms with Crippen LogP contribution in [0.5, 0.6) is 0 Å². The fourth-order valence-corrected chi connectivity index (χ4v) is 2.52. The van der Waals surface area contributed by atoms with Crippen LogP contribution in [0.4, 0.5) is 4.39 Å². The van der Waals surface area contributed by atoms with Crippen LogP contribution in [-0.2, 0) is 6.42 Å². The van der Waals surface area contributed by atoms with Crippen LogP contribution in [0.2, 0.25) is 10.0 Å². The van der Waals surface area contributed by atoms with Gasteiger partial charge < -0.3 is 5.32 Å². The molecule has 0 spiro atoms. The van der Waals surface area contributed by atoms with Gasteiger partial charge in [0.1, 0.15) is 5.82 Å². The molecule has 1 N–H and O–H groups in total. The molecule has 0 radical (unpaired) electrons. The van der Waals surface area contributed by atoms with Gasteiger partial charge in [-0.15, -0.1) is 0 Å². The summed E-state index contributed by atoms with van der Waals surface area (Å²) >= 11 is 12.0. The number of hydrogen-bond donors (Lipinski definition) is 1. The SMILES string of the molecule is CNC(Cc1cccc(Cl)c1F)c1ccc(C)c(Cl)c1. The van der Waals surface area contributed by atoms with E-state index in [0.29, 0.717) is 17.0 Å². The third kappa shape index (κ3) is 3.32. The molecular formula is C16H16Cl2FN. The highest BCUT2D eigenvalue weighted by atomic mass is 35.5. The molecule has 0 fully saturated rings. The number of nitrogens with one attached hydrogen (secondary N) is 1. The first-order valence-corrected chi connectivity index (χ1v) is 7.14. The van der Waals surface area contributed by atoms with Crippen LogP contribution in [0.3, 0.4) is 0 Å². The molecule has 1 atom stereocenters. The molecule has 0 amide bonds. The second-order valence-corrected chi connectivity index (χ2v) is 5.58. The maximum Gasteiger partial charge on any atom is 0.145 e. The monoisotopic (exact) mass is 311 g/mol. The highest BCUT2D eigenvalue weighted by molar-refractivity contribution is 6.31. The molecule has 20 heavy (non-hydrogen) atoms. The highest BCUT2D eigenvalue weighted by Crippen LogP contribution is 2.26. The minimum Gasteiger partial charge on any atom is -0.313 e. The summed E-state index contributed by atoms with van der Waals surface area (Å²) in [5.41, 5.74) is 2.65. The van der Waals surface area contributed by atoms with Gasteiger partial charge in [-0.2, -0.15) is 0 Å². The van der Waals surface area contributed by atoms with Gasteiger partial charge in [-0.25, -0.2) is 4.39 Å². The average molecular weight is 312 g/mol. The molecule has 0 saturated heterocycles. The fourth-order valence-electron chi connectivity index (χ4n) is 2.14. The normalized spacial score (nSPS) is 12.4. The number of benzene rings is 2. The summed E-state index contributed by atoms with van der Waals surface area (Å²) in [4.78, 5) is 0. The van der Waals surface area contributed by atoms with Gasteiger partial charge in [0.2, 0.25) is 0 Å². The molecule has 1 unspecified atom stereocenters. The first-order valence-electron chi connectivity index (χ1n) is 6.39. The van der Waals surface area contributed by atoms with Crippen molar-refractivity contribution < 1.29 is 4.39 Å². The Balaban J connectivity index is 2.28. The van der Waals surface area contributed by atoms with Gasteiger partial charge in [0.05, 0.1) is 5.02 Å². The summed E-state index contributed by atoms with van der Waals surface area (Å²) < 4.78 is 14.0. The van der Waals surface area contributed by atoms with Crippen molar-refractivity contribution in [1.82, 2.24) is 5.32 Å². The van der Waals surface area contributed by atoms with Crippen molar-refractivity contribution in [2.75, 3.05) is 7.05 Å². The van der Waals surface area contributed by atoms with Crippen molar-refractivity contribution in [1.29, 1.82) is 0 Å². The number of hydrogen-bond acceptors (Lipinski definition) is 1. The Morgan fingerprint density at radius 3 is 2.55 bits per heavy atom. The molecule has 2 rings (SSSR count). The van der Waals surface area contributed by atoms with E-state index in [9.17, 15) is 4.39 Å². The largest absolute Gasteiger partial charge is 0.313 e. The number of likely N-dealkylation sites (N-methyl/N-ethyl adjacent to an activating group) is 1. The molecule has 4 heteroatoms. The van der Waals surface area contributed by atoms with Crippen LogP contribution in [0, 0.1) is 12.7 Å². The first kappa shape index (κ1) is 15.3. The van der Waals surface area contributed by atoms with Gasteiger partial charge in [-0.3, -0.25) is 0 Å². The zero-order chi connectivity index (χ0) is 14.7. The number of rotatable bonds is 4. The molecule has 2 aromatic rings.